The minimum atomic E-state index is 0.372. The predicted octanol–water partition coefficient (Wildman–Crippen LogP) is 4.73. The van der Waals surface area contributed by atoms with Crippen molar-refractivity contribution < 1.29 is 0 Å². The monoisotopic (exact) mass is 290 g/mol. The summed E-state index contributed by atoms with van der Waals surface area (Å²) in [5.74, 6) is 1.21. The van der Waals surface area contributed by atoms with Crippen molar-refractivity contribution in [2.75, 3.05) is 0 Å². The maximum Gasteiger partial charge on any atom is 0.129 e. The van der Waals surface area contributed by atoms with E-state index in [1.165, 1.54) is 5.56 Å². The lowest BCUT2D eigenvalue weighted by Crippen LogP contribution is -1.99. The maximum absolute atomic E-state index is 6.03. The van der Waals surface area contributed by atoms with E-state index >= 15 is 0 Å². The molecule has 3 aromatic rings. The van der Waals surface area contributed by atoms with Gasteiger partial charge in [0.2, 0.25) is 0 Å². The zero-order chi connectivity index (χ0) is 13.4. The summed E-state index contributed by atoms with van der Waals surface area (Å²) in [5, 5.41) is 0.720. The molecule has 0 atom stereocenters. The molecule has 0 aliphatic carbocycles. The Balaban J connectivity index is 2.35. The van der Waals surface area contributed by atoms with Crippen molar-refractivity contribution in [3.8, 4) is 5.69 Å². The molecule has 0 bridgehead atoms. The lowest BCUT2D eigenvalue weighted by molar-refractivity contribution is 0.979. The van der Waals surface area contributed by atoms with Gasteiger partial charge in [0.25, 0.3) is 0 Å². The fourth-order valence-electron chi connectivity index (χ4n) is 2.30. The molecule has 0 aliphatic heterocycles. The minimum Gasteiger partial charge on any atom is -0.295 e. The average Bonchev–Trinajstić information content (AvgIpc) is 2.80. The third kappa shape index (κ3) is 2.11. The molecule has 0 spiro atoms. The van der Waals surface area contributed by atoms with Gasteiger partial charge >= 0.3 is 0 Å². The summed E-state index contributed by atoms with van der Waals surface area (Å²) in [7, 11) is 0. The van der Waals surface area contributed by atoms with Crippen molar-refractivity contribution in [3.05, 3.63) is 58.9 Å². The molecule has 2 nitrogen and oxygen atoms in total. The summed E-state index contributed by atoms with van der Waals surface area (Å²) < 4.78 is 2.09. The van der Waals surface area contributed by atoms with Crippen molar-refractivity contribution in [1.29, 1.82) is 0 Å². The van der Waals surface area contributed by atoms with Crippen molar-refractivity contribution in [2.24, 2.45) is 0 Å². The summed E-state index contributed by atoms with van der Waals surface area (Å²) >= 11 is 12.0. The van der Waals surface area contributed by atoms with E-state index in [9.17, 15) is 0 Å². The Bertz CT molecular complexity index is 730. The SMILES string of the molecule is Cc1cccc2nc(CCl)n(-c3ccc(Cl)cc3)c12. The van der Waals surface area contributed by atoms with E-state index < -0.39 is 0 Å². The topological polar surface area (TPSA) is 17.8 Å². The third-order valence-corrected chi connectivity index (χ3v) is 3.64. The lowest BCUT2D eigenvalue weighted by atomic mass is 10.2. The molecule has 0 unspecified atom stereocenters. The highest BCUT2D eigenvalue weighted by Crippen LogP contribution is 2.26. The fraction of sp³-hybridized carbons (Fsp3) is 0.133. The first-order valence-corrected chi connectivity index (χ1v) is 6.91. The van der Waals surface area contributed by atoms with Crippen LogP contribution in [0, 0.1) is 6.92 Å². The number of rotatable bonds is 2. The van der Waals surface area contributed by atoms with Crippen LogP contribution in [-0.2, 0) is 5.88 Å². The molecule has 0 saturated heterocycles. The van der Waals surface area contributed by atoms with Gasteiger partial charge in [-0.05, 0) is 42.8 Å². The fourth-order valence-corrected chi connectivity index (χ4v) is 2.61. The summed E-state index contributed by atoms with van der Waals surface area (Å²) in [6, 6.07) is 13.8. The van der Waals surface area contributed by atoms with Crippen molar-refractivity contribution >= 4 is 34.2 Å². The second kappa shape index (κ2) is 4.87. The molecule has 19 heavy (non-hydrogen) atoms. The van der Waals surface area contributed by atoms with Gasteiger partial charge in [0.1, 0.15) is 5.82 Å². The van der Waals surface area contributed by atoms with E-state index in [0.29, 0.717) is 5.88 Å². The molecule has 0 saturated carbocycles. The molecule has 0 N–H and O–H groups in total. The molecule has 3 rings (SSSR count). The Labute approximate surface area is 121 Å². The molecule has 1 aromatic heterocycles. The van der Waals surface area contributed by atoms with Crippen LogP contribution in [0.2, 0.25) is 5.02 Å². The first kappa shape index (κ1) is 12.5. The number of hydrogen-bond donors (Lipinski definition) is 0. The van der Waals surface area contributed by atoms with Gasteiger partial charge in [-0.1, -0.05) is 23.7 Å². The van der Waals surface area contributed by atoms with Crippen LogP contribution in [0.3, 0.4) is 0 Å². The Morgan fingerprint density at radius 3 is 2.53 bits per heavy atom. The van der Waals surface area contributed by atoms with E-state index in [-0.39, 0.29) is 0 Å². The van der Waals surface area contributed by atoms with E-state index in [2.05, 4.69) is 22.5 Å². The van der Waals surface area contributed by atoms with Crippen molar-refractivity contribution in [2.45, 2.75) is 12.8 Å². The number of halogens is 2. The zero-order valence-electron chi connectivity index (χ0n) is 10.4. The third-order valence-electron chi connectivity index (χ3n) is 3.15. The van der Waals surface area contributed by atoms with Gasteiger partial charge in [-0.2, -0.15) is 0 Å². The lowest BCUT2D eigenvalue weighted by Gasteiger charge is -2.09. The number of nitrogens with zero attached hydrogens (tertiary/aromatic N) is 2. The van der Waals surface area contributed by atoms with E-state index in [1.807, 2.05) is 36.4 Å². The van der Waals surface area contributed by atoms with E-state index in [4.69, 9.17) is 23.2 Å². The molecule has 0 amide bonds. The molecule has 2 aromatic carbocycles. The summed E-state index contributed by atoms with van der Waals surface area (Å²) in [6.07, 6.45) is 0. The number of imidazole rings is 1. The Morgan fingerprint density at radius 1 is 1.11 bits per heavy atom. The van der Waals surface area contributed by atoms with Gasteiger partial charge in [0.15, 0.2) is 0 Å². The number of fused-ring (bicyclic) bond motifs is 1. The highest BCUT2D eigenvalue weighted by Gasteiger charge is 2.13. The van der Waals surface area contributed by atoms with Crippen LogP contribution in [-0.4, -0.2) is 9.55 Å². The zero-order valence-corrected chi connectivity index (χ0v) is 11.9. The quantitative estimate of drug-likeness (QED) is 0.624. The maximum atomic E-state index is 6.03. The Kier molecular flexibility index (Phi) is 3.21. The first-order chi connectivity index (χ1) is 9.20. The normalized spacial score (nSPS) is 11.1. The first-order valence-electron chi connectivity index (χ1n) is 5.99. The second-order valence-corrected chi connectivity index (χ2v) is 5.12. The van der Waals surface area contributed by atoms with Crippen molar-refractivity contribution in [1.82, 2.24) is 9.55 Å². The van der Waals surface area contributed by atoms with E-state index in [1.54, 1.807) is 0 Å². The van der Waals surface area contributed by atoms with Gasteiger partial charge in [0, 0.05) is 10.7 Å². The molecule has 96 valence electrons. The smallest absolute Gasteiger partial charge is 0.129 e. The number of benzene rings is 2. The van der Waals surface area contributed by atoms with Crippen molar-refractivity contribution in [3.63, 3.8) is 0 Å². The molecular formula is C15H12Cl2N2. The summed E-state index contributed by atoms with van der Waals surface area (Å²) in [4.78, 5) is 4.59. The van der Waals surface area contributed by atoms with E-state index in [0.717, 1.165) is 27.6 Å². The number of aromatic nitrogens is 2. The molecule has 0 fully saturated rings. The highest BCUT2D eigenvalue weighted by atomic mass is 35.5. The van der Waals surface area contributed by atoms with Crippen LogP contribution in [0.5, 0.6) is 0 Å². The minimum absolute atomic E-state index is 0.372. The standard InChI is InChI=1S/C15H12Cl2N2/c1-10-3-2-4-13-15(10)19(14(9-16)18-13)12-7-5-11(17)6-8-12/h2-8H,9H2,1H3. The summed E-state index contributed by atoms with van der Waals surface area (Å²) in [6.45, 7) is 2.08. The Hall–Kier alpha value is -1.51. The second-order valence-electron chi connectivity index (χ2n) is 4.42. The number of aryl methyl sites for hydroxylation is 1. The van der Waals surface area contributed by atoms with Crippen LogP contribution in [0.25, 0.3) is 16.7 Å². The van der Waals surface area contributed by atoms with Gasteiger partial charge in [-0.25, -0.2) is 4.98 Å². The van der Waals surface area contributed by atoms with Crippen LogP contribution in [0.15, 0.2) is 42.5 Å². The van der Waals surface area contributed by atoms with Gasteiger partial charge < -0.3 is 0 Å². The Morgan fingerprint density at radius 2 is 1.84 bits per heavy atom. The molecule has 1 heterocycles. The predicted molar refractivity (Wildman–Crippen MR) is 80.4 cm³/mol. The van der Waals surface area contributed by atoms with Crippen LogP contribution in [0.4, 0.5) is 0 Å². The highest BCUT2D eigenvalue weighted by molar-refractivity contribution is 6.30. The molecular weight excluding hydrogens is 279 g/mol. The van der Waals surface area contributed by atoms with Gasteiger partial charge in [0.05, 0.1) is 16.9 Å². The number of hydrogen-bond acceptors (Lipinski definition) is 1. The van der Waals surface area contributed by atoms with Crippen LogP contribution < -0.4 is 0 Å². The van der Waals surface area contributed by atoms with Crippen LogP contribution in [0.1, 0.15) is 11.4 Å². The largest absolute Gasteiger partial charge is 0.295 e. The van der Waals surface area contributed by atoms with Crippen LogP contribution >= 0.6 is 23.2 Å². The average molecular weight is 291 g/mol. The summed E-state index contributed by atoms with van der Waals surface area (Å²) in [5.41, 5.74) is 4.26. The molecule has 4 heteroatoms. The van der Waals surface area contributed by atoms with Gasteiger partial charge in [-0.15, -0.1) is 11.6 Å². The number of para-hydroxylation sites is 1. The molecule has 0 aliphatic rings. The molecule has 0 radical (unpaired) electrons. The number of alkyl halides is 1. The van der Waals surface area contributed by atoms with Gasteiger partial charge in [-0.3, -0.25) is 4.57 Å².